The Balaban J connectivity index is 0.000000575. The number of fused-ring (bicyclic) bond motifs is 4. The number of aryl methyl sites for hydroxylation is 1. The van der Waals surface area contributed by atoms with Crippen molar-refractivity contribution in [1.82, 2.24) is 34.1 Å². The van der Waals surface area contributed by atoms with Gasteiger partial charge in [0.2, 0.25) is 0 Å². The quantitative estimate of drug-likeness (QED) is 0.0789. The Kier molecular flexibility index (Phi) is 20.9. The Labute approximate surface area is 456 Å². The second-order valence-electron chi connectivity index (χ2n) is 22.6. The van der Waals surface area contributed by atoms with Crippen molar-refractivity contribution >= 4 is 82.2 Å². The average Bonchev–Trinajstić information content (AvgIpc) is 4.06. The van der Waals surface area contributed by atoms with Crippen LogP contribution in [0.25, 0.3) is 22.2 Å². The van der Waals surface area contributed by atoms with E-state index in [9.17, 15) is 14.3 Å². The molecule has 0 aromatic carbocycles. The molecular weight excluding hydrogens is 1070 g/mol. The van der Waals surface area contributed by atoms with Gasteiger partial charge in [0.15, 0.2) is 47.1 Å². The predicted molar refractivity (Wildman–Crippen MR) is 301 cm³/mol. The zero-order chi connectivity index (χ0) is 55.5. The van der Waals surface area contributed by atoms with Gasteiger partial charge in [-0.3, -0.25) is 13.9 Å². The number of ether oxygens (including phenoxy) is 2. The predicted octanol–water partition coefficient (Wildman–Crippen LogP) is 5.42. The number of imidazole rings is 1. The number of aromatic nitrogens is 7. The van der Waals surface area contributed by atoms with Gasteiger partial charge >= 0.3 is 0 Å². The Hall–Kier alpha value is -2.01. The van der Waals surface area contributed by atoms with E-state index in [-0.39, 0.29) is 21.2 Å². The molecule has 21 nitrogen and oxygen atoms in total. The molecule has 4 N–H and O–H groups in total. The van der Waals surface area contributed by atoms with Gasteiger partial charge in [0.25, 0.3) is 5.56 Å². The molecule has 0 spiro atoms. The summed E-state index contributed by atoms with van der Waals surface area (Å²) in [6.07, 6.45) is -0.837. The standard InChI is InChI=1S/C36H56N8O11P2S2Si2.2C6H15N/c1-35(2,3)60(7,8)54-26-22-16-49-56(46,58)52-25-21(15-48-57(47,59)53-27(26)33(51-22)44-19-42-24-31(44)40-18-41-32(24)45)50-34(28(25)55-61(9,10)36(4,5)6)43-14-20-12-11-13-37-29-23(20)30(43)39-17-38-29;2*1-4-7(5-2)6-3/h14,17-19,21-22,25-28,33-34H,11-13,15-16H2,1-10H3,(H,46,58)(H,47,59)(H,37,38,39)(H,40,41,45);2*4-6H2,1-3H3/t21-,22-,25-,26-,27-,28-,33-,34-,56?,57?;;/m1../s1. The molecule has 8 heterocycles. The SMILES string of the molecule is CC(C)(C)[Si](C)(C)O[C@@H]1[C@@H]2OP(=O)([S-])OC[C@H]3O[C@@H](n4cnc5c(=O)[nH]cnc54)[C@H](OP([O-])(=S)OC[C@H]2O[C@H]1n1cc2c4c(ncnc41)NCCC2)[C@@H]3O[Si](C)(C)C(C)(C)C.CC[NH+](CC)CC.CC[NH+](CC)CC. The van der Waals surface area contributed by atoms with Crippen LogP contribution in [0.3, 0.4) is 0 Å². The maximum Gasteiger partial charge on any atom is 0.278 e. The number of rotatable bonds is 12. The van der Waals surface area contributed by atoms with E-state index in [0.717, 1.165) is 30.3 Å². The summed E-state index contributed by atoms with van der Waals surface area (Å²) < 4.78 is 70.4. The van der Waals surface area contributed by atoms with Crippen molar-refractivity contribution in [2.45, 2.75) is 181 Å². The van der Waals surface area contributed by atoms with Crippen molar-refractivity contribution in [3.8, 4) is 0 Å². The fourth-order valence-corrected chi connectivity index (χ4v) is 14.5. The molecule has 3 fully saturated rings. The van der Waals surface area contributed by atoms with Crippen LogP contribution in [-0.4, -0.2) is 146 Å². The first-order valence-electron chi connectivity index (χ1n) is 26.7. The molecule has 75 heavy (non-hydrogen) atoms. The molecule has 4 aromatic heterocycles. The molecule has 8 rings (SSSR count). The summed E-state index contributed by atoms with van der Waals surface area (Å²) in [5.74, 6) is 0.711. The topological polar surface area (TPSA) is 229 Å². The third kappa shape index (κ3) is 14.5. The number of nitrogens with one attached hydrogen (secondary N) is 4. The average molecular weight is 1160 g/mol. The number of H-pyrrole nitrogens is 1. The summed E-state index contributed by atoms with van der Waals surface area (Å²) in [5.41, 5.74) is 1.34. The van der Waals surface area contributed by atoms with Gasteiger partial charge in [-0.05, 0) is 96.2 Å². The van der Waals surface area contributed by atoms with Crippen LogP contribution in [0, 0.1) is 0 Å². The molecule has 4 aliphatic rings. The largest absolute Gasteiger partial charge is 0.780 e. The highest BCUT2D eigenvalue weighted by molar-refractivity contribution is 8.32. The van der Waals surface area contributed by atoms with Gasteiger partial charge in [-0.2, -0.15) is 0 Å². The summed E-state index contributed by atoms with van der Waals surface area (Å²) >= 11 is 11.3. The second-order valence-corrected chi connectivity index (χ2v) is 37.6. The molecule has 0 radical (unpaired) electrons. The number of nitrogens with zero attached hydrogens (tertiary/aromatic N) is 6. The molecule has 10 atom stereocenters. The lowest BCUT2D eigenvalue weighted by Gasteiger charge is -2.42. The molecule has 2 unspecified atom stereocenters. The summed E-state index contributed by atoms with van der Waals surface area (Å²) in [7, 11) is -5.33. The minimum Gasteiger partial charge on any atom is -0.780 e. The van der Waals surface area contributed by atoms with Crippen molar-refractivity contribution in [1.29, 1.82) is 0 Å². The highest BCUT2D eigenvalue weighted by Gasteiger charge is 2.56. The van der Waals surface area contributed by atoms with Gasteiger partial charge in [-0.15, -0.1) is 0 Å². The lowest BCUT2D eigenvalue weighted by atomic mass is 10.1. The molecule has 424 valence electrons. The van der Waals surface area contributed by atoms with Gasteiger partial charge in [-0.25, -0.2) is 19.9 Å². The van der Waals surface area contributed by atoms with Crippen LogP contribution in [0.15, 0.2) is 30.0 Å². The third-order valence-electron chi connectivity index (χ3n) is 15.9. The second kappa shape index (κ2) is 25.2. The zero-order valence-electron chi connectivity index (χ0n) is 47.1. The lowest BCUT2D eigenvalue weighted by molar-refractivity contribution is -0.894. The molecule has 0 saturated carbocycles. The Morgan fingerprint density at radius 2 is 1.36 bits per heavy atom. The van der Waals surface area contributed by atoms with E-state index >= 15 is 0 Å². The number of quaternary nitrogens is 2. The highest BCUT2D eigenvalue weighted by atomic mass is 32.7. The minimum atomic E-state index is -4.48. The third-order valence-corrected chi connectivity index (χ3v) is 27.9. The Morgan fingerprint density at radius 1 is 0.787 bits per heavy atom. The van der Waals surface area contributed by atoms with Crippen molar-refractivity contribution in [2.75, 3.05) is 64.3 Å². The molecule has 27 heteroatoms. The number of hydrogen-bond donors (Lipinski definition) is 4. The first kappa shape index (κ1) is 62.2. The van der Waals surface area contributed by atoms with E-state index in [1.807, 2.05) is 23.9 Å². The van der Waals surface area contributed by atoms with Crippen LogP contribution in [-0.2, 0) is 71.5 Å². The summed E-state index contributed by atoms with van der Waals surface area (Å²) in [5, 5.41) is 3.69. The fraction of sp³-hybridized carbons (Fsp3) is 0.771. The van der Waals surface area contributed by atoms with Crippen LogP contribution >= 0.6 is 13.5 Å². The van der Waals surface area contributed by atoms with Crippen LogP contribution in [0.1, 0.15) is 108 Å². The molecule has 3 saturated heterocycles. The highest BCUT2D eigenvalue weighted by Crippen LogP contribution is 2.56. The molecule has 2 bridgehead atoms. The van der Waals surface area contributed by atoms with Crippen molar-refractivity contribution < 1.29 is 55.7 Å². The lowest BCUT2D eigenvalue weighted by Crippen LogP contribution is -3.11. The van der Waals surface area contributed by atoms with E-state index in [4.69, 9.17) is 60.5 Å². The van der Waals surface area contributed by atoms with Crippen molar-refractivity contribution in [2.24, 2.45) is 0 Å². The van der Waals surface area contributed by atoms with Crippen LogP contribution < -0.4 is 25.6 Å². The van der Waals surface area contributed by atoms with Crippen molar-refractivity contribution in [3.05, 3.63) is 41.1 Å². The van der Waals surface area contributed by atoms with E-state index in [0.29, 0.717) is 11.5 Å². The monoisotopic (exact) mass is 1160 g/mol. The molecule has 0 aliphatic carbocycles. The van der Waals surface area contributed by atoms with Crippen LogP contribution in [0.5, 0.6) is 0 Å². The maximum absolute atomic E-state index is 14.6. The number of aromatic amines is 1. The zero-order valence-corrected chi connectivity index (χ0v) is 52.5. The molecular formula is C48H86N10O11P2S2Si2. The molecule has 0 amide bonds. The van der Waals surface area contributed by atoms with Gasteiger partial charge in [0, 0.05) is 12.7 Å². The molecule has 4 aliphatic heterocycles. The first-order chi connectivity index (χ1) is 35.1. The normalized spacial score (nSPS) is 28.9. The summed E-state index contributed by atoms with van der Waals surface area (Å²) in [4.78, 5) is 51.0. The Bertz CT molecular complexity index is 2660. The minimum absolute atomic E-state index is 0.0363. The van der Waals surface area contributed by atoms with Gasteiger partial charge in [-0.1, -0.05) is 53.3 Å². The van der Waals surface area contributed by atoms with Gasteiger partial charge in [0.05, 0.1) is 70.5 Å². The van der Waals surface area contributed by atoms with Crippen molar-refractivity contribution in [3.63, 3.8) is 0 Å². The smallest absolute Gasteiger partial charge is 0.278 e. The van der Waals surface area contributed by atoms with Gasteiger partial charge < -0.3 is 78.2 Å². The summed E-state index contributed by atoms with van der Waals surface area (Å²) in [6.45, 7) is 32.7. The summed E-state index contributed by atoms with van der Waals surface area (Å²) in [6, 6.07) is 0. The fourth-order valence-electron chi connectivity index (χ4n) is 9.08. The van der Waals surface area contributed by atoms with E-state index in [1.165, 1.54) is 62.8 Å². The number of anilines is 1. The van der Waals surface area contributed by atoms with E-state index in [2.05, 4.69) is 126 Å². The van der Waals surface area contributed by atoms with E-state index < -0.39 is 98.0 Å². The van der Waals surface area contributed by atoms with E-state index in [1.54, 1.807) is 9.80 Å². The maximum atomic E-state index is 14.6. The Morgan fingerprint density at radius 3 is 1.93 bits per heavy atom. The number of hydrogen-bond acceptors (Lipinski definition) is 18. The molecule has 4 aromatic rings. The van der Waals surface area contributed by atoms with Crippen LogP contribution in [0.4, 0.5) is 5.82 Å². The van der Waals surface area contributed by atoms with Gasteiger partial charge in [0.1, 0.15) is 61.1 Å². The van der Waals surface area contributed by atoms with Crippen LogP contribution in [0.2, 0.25) is 36.3 Å². The first-order valence-corrected chi connectivity index (χ1v) is 37.6.